The van der Waals surface area contributed by atoms with E-state index in [2.05, 4.69) is 33.8 Å². The van der Waals surface area contributed by atoms with Gasteiger partial charge in [0.2, 0.25) is 0 Å². The predicted molar refractivity (Wildman–Crippen MR) is 132 cm³/mol. The van der Waals surface area contributed by atoms with Crippen molar-refractivity contribution in [1.82, 2.24) is 0 Å². The van der Waals surface area contributed by atoms with E-state index in [4.69, 9.17) is 4.74 Å². The van der Waals surface area contributed by atoms with Crippen molar-refractivity contribution in [3.8, 4) is 0 Å². The summed E-state index contributed by atoms with van der Waals surface area (Å²) in [4.78, 5) is 16.8. The first-order chi connectivity index (χ1) is 15.0. The van der Waals surface area contributed by atoms with Crippen LogP contribution < -0.4 is 0 Å². The largest absolute Gasteiger partial charge is 0.511 e. The van der Waals surface area contributed by atoms with Crippen LogP contribution in [0, 0.1) is 12.8 Å². The smallest absolute Gasteiger partial charge is 0.349 e. The van der Waals surface area contributed by atoms with Gasteiger partial charge in [0.1, 0.15) is 16.3 Å². The van der Waals surface area contributed by atoms with Crippen molar-refractivity contribution < 1.29 is 19.7 Å². The molecule has 2 heterocycles. The van der Waals surface area contributed by atoms with E-state index in [0.29, 0.717) is 24.2 Å². The summed E-state index contributed by atoms with van der Waals surface area (Å²) < 4.78 is 6.08. The number of carbonyl (C=O) groups is 1. The summed E-state index contributed by atoms with van der Waals surface area (Å²) >= 11 is 3.05. The molecule has 0 spiro atoms. The topological polar surface area (TPSA) is 66.8 Å². The summed E-state index contributed by atoms with van der Waals surface area (Å²) in [5, 5.41) is 20.6. The van der Waals surface area contributed by atoms with Crippen LogP contribution >= 0.6 is 23.1 Å². The van der Waals surface area contributed by atoms with Gasteiger partial charge in [-0.25, -0.2) is 4.79 Å². The number of hydrogen-bond donors (Lipinski definition) is 2. The maximum Gasteiger partial charge on any atom is 0.349 e. The molecule has 0 bridgehead atoms. The molecule has 2 N–H and O–H groups in total. The van der Waals surface area contributed by atoms with Crippen molar-refractivity contribution in [3.63, 3.8) is 0 Å². The van der Waals surface area contributed by atoms with Gasteiger partial charge in [0, 0.05) is 21.1 Å². The zero-order valence-electron chi connectivity index (χ0n) is 19.8. The molecule has 6 heteroatoms. The summed E-state index contributed by atoms with van der Waals surface area (Å²) in [6.07, 6.45) is 1.55. The lowest BCUT2D eigenvalue weighted by Gasteiger charge is -2.40. The number of carbonyl (C=O) groups excluding carboxylic acids is 1. The Kier molecular flexibility index (Phi) is 7.48. The van der Waals surface area contributed by atoms with Gasteiger partial charge in [-0.05, 0) is 48.3 Å². The molecule has 174 valence electrons. The zero-order valence-corrected chi connectivity index (χ0v) is 21.5. The highest BCUT2D eigenvalue weighted by Gasteiger charge is 2.44. The maximum atomic E-state index is 13.1. The quantitative estimate of drug-likeness (QED) is 0.438. The van der Waals surface area contributed by atoms with E-state index in [1.54, 1.807) is 11.3 Å². The van der Waals surface area contributed by atoms with Crippen LogP contribution in [0.1, 0.15) is 68.3 Å². The van der Waals surface area contributed by atoms with Crippen LogP contribution in [0.3, 0.4) is 0 Å². The first kappa shape index (κ1) is 24.9. The number of rotatable bonds is 7. The molecule has 4 nitrogen and oxygen atoms in total. The van der Waals surface area contributed by atoms with Crippen molar-refractivity contribution in [1.29, 1.82) is 0 Å². The standard InChI is InChI=1S/C26H34O4S2/c1-16(2)26(12-11-18-9-7-8-10-19(18)15-27)14-20(28)22(24(29)30-26)32-21-13-17(3)31-23(21)25(4,5)6/h7-10,13,16,27-28H,11-12,14-15H2,1-6H3. The number of aryl methyl sites for hydroxylation is 2. The fourth-order valence-corrected chi connectivity index (χ4v) is 6.56. The zero-order chi connectivity index (χ0) is 23.7. The second kappa shape index (κ2) is 9.62. The molecule has 2 aromatic rings. The van der Waals surface area contributed by atoms with Crippen molar-refractivity contribution >= 4 is 29.1 Å². The second-order valence-corrected chi connectivity index (χ2v) is 12.2. The van der Waals surface area contributed by atoms with Crippen LogP contribution in [0.4, 0.5) is 0 Å². The molecular weight excluding hydrogens is 440 g/mol. The summed E-state index contributed by atoms with van der Waals surface area (Å²) in [5.41, 5.74) is 1.11. The summed E-state index contributed by atoms with van der Waals surface area (Å²) in [5.74, 6) is -0.305. The van der Waals surface area contributed by atoms with Gasteiger partial charge < -0.3 is 14.9 Å². The molecule has 1 unspecified atom stereocenters. The monoisotopic (exact) mass is 474 g/mol. The van der Waals surface area contributed by atoms with E-state index in [-0.39, 0.29) is 23.7 Å². The van der Waals surface area contributed by atoms with Gasteiger partial charge >= 0.3 is 5.97 Å². The predicted octanol–water partition coefficient (Wildman–Crippen LogP) is 6.68. The van der Waals surface area contributed by atoms with E-state index in [0.717, 1.165) is 16.0 Å². The lowest BCUT2D eigenvalue weighted by molar-refractivity contribution is -0.164. The van der Waals surface area contributed by atoms with Crippen LogP contribution in [0.2, 0.25) is 0 Å². The number of cyclic esters (lactones) is 1. The molecule has 0 fully saturated rings. The van der Waals surface area contributed by atoms with E-state index >= 15 is 0 Å². The van der Waals surface area contributed by atoms with Crippen molar-refractivity contribution in [2.24, 2.45) is 5.92 Å². The SMILES string of the molecule is Cc1cc(SC2=C(O)CC(CCc3ccccc3CO)(C(C)C)OC2=O)c(C(C)(C)C)s1. The first-order valence-corrected chi connectivity index (χ1v) is 12.7. The molecule has 32 heavy (non-hydrogen) atoms. The first-order valence-electron chi connectivity index (χ1n) is 11.1. The normalized spacial score (nSPS) is 19.6. The number of ether oxygens (including phenoxy) is 1. The number of aliphatic hydroxyl groups is 2. The molecule has 1 aliphatic heterocycles. The van der Waals surface area contributed by atoms with Gasteiger partial charge in [0.05, 0.1) is 6.61 Å². The molecule has 1 aliphatic rings. The molecule has 0 saturated heterocycles. The molecule has 1 aromatic heterocycles. The van der Waals surface area contributed by atoms with Gasteiger partial charge in [-0.15, -0.1) is 11.3 Å². The van der Waals surface area contributed by atoms with Crippen LogP contribution in [0.5, 0.6) is 0 Å². The number of esters is 1. The van der Waals surface area contributed by atoms with E-state index in [1.807, 2.05) is 38.1 Å². The molecule has 3 rings (SSSR count). The Hall–Kier alpha value is -1.76. The van der Waals surface area contributed by atoms with Crippen LogP contribution in [-0.2, 0) is 28.0 Å². The van der Waals surface area contributed by atoms with Gasteiger partial charge in [0.25, 0.3) is 0 Å². The highest BCUT2D eigenvalue weighted by atomic mass is 32.2. The van der Waals surface area contributed by atoms with Gasteiger partial charge in [-0.2, -0.15) is 0 Å². The van der Waals surface area contributed by atoms with Crippen molar-refractivity contribution in [3.05, 3.63) is 61.9 Å². The highest BCUT2D eigenvalue weighted by molar-refractivity contribution is 8.04. The molecular formula is C26H34O4S2. The van der Waals surface area contributed by atoms with Crippen LogP contribution in [-0.4, -0.2) is 21.8 Å². The number of hydrogen-bond acceptors (Lipinski definition) is 6. The lowest BCUT2D eigenvalue weighted by atomic mass is 9.79. The number of aliphatic hydroxyl groups excluding tert-OH is 2. The molecule has 0 saturated carbocycles. The summed E-state index contributed by atoms with van der Waals surface area (Å²) in [6.45, 7) is 12.6. The second-order valence-electron chi connectivity index (χ2n) is 9.89. The third kappa shape index (κ3) is 5.24. The lowest BCUT2D eigenvalue weighted by Crippen LogP contribution is -2.44. The Bertz CT molecular complexity index is 1010. The average Bonchev–Trinajstić information content (AvgIpc) is 3.10. The number of benzene rings is 1. The van der Waals surface area contributed by atoms with E-state index < -0.39 is 11.6 Å². The Morgan fingerprint density at radius 2 is 1.88 bits per heavy atom. The van der Waals surface area contributed by atoms with Gasteiger partial charge in [-0.1, -0.05) is 70.6 Å². The van der Waals surface area contributed by atoms with E-state index in [1.165, 1.54) is 21.5 Å². The minimum absolute atomic E-state index is 0.0211. The Morgan fingerprint density at radius 3 is 2.44 bits per heavy atom. The minimum atomic E-state index is -0.773. The van der Waals surface area contributed by atoms with Gasteiger partial charge in [0.15, 0.2) is 0 Å². The maximum absolute atomic E-state index is 13.1. The minimum Gasteiger partial charge on any atom is -0.511 e. The van der Waals surface area contributed by atoms with Crippen molar-refractivity contribution in [2.75, 3.05) is 0 Å². The Balaban J connectivity index is 1.87. The Labute approximate surface area is 199 Å². The average molecular weight is 475 g/mol. The fourth-order valence-electron chi connectivity index (χ4n) is 4.10. The third-order valence-electron chi connectivity index (χ3n) is 6.08. The van der Waals surface area contributed by atoms with Crippen molar-refractivity contribution in [2.45, 2.75) is 83.3 Å². The number of thioether (sulfide) groups is 1. The highest BCUT2D eigenvalue weighted by Crippen LogP contribution is 2.46. The molecule has 0 radical (unpaired) electrons. The molecule has 0 amide bonds. The molecule has 1 atom stereocenters. The van der Waals surface area contributed by atoms with Crippen LogP contribution in [0.15, 0.2) is 45.9 Å². The fraction of sp³-hybridized carbons (Fsp3) is 0.500. The van der Waals surface area contributed by atoms with E-state index in [9.17, 15) is 15.0 Å². The summed E-state index contributed by atoms with van der Waals surface area (Å²) in [7, 11) is 0. The molecule has 1 aromatic carbocycles. The summed E-state index contributed by atoms with van der Waals surface area (Å²) in [6, 6.07) is 9.84. The third-order valence-corrected chi connectivity index (χ3v) is 8.84. The van der Waals surface area contributed by atoms with Gasteiger partial charge in [-0.3, -0.25) is 0 Å². The Morgan fingerprint density at radius 1 is 1.22 bits per heavy atom. The molecule has 0 aliphatic carbocycles. The van der Waals surface area contributed by atoms with Crippen LogP contribution in [0.25, 0.3) is 0 Å². The number of thiophene rings is 1.